The summed E-state index contributed by atoms with van der Waals surface area (Å²) in [4.78, 5) is 17.4. The molecule has 1 unspecified atom stereocenters. The van der Waals surface area contributed by atoms with Crippen LogP contribution in [-0.4, -0.2) is 54.6 Å². The van der Waals surface area contributed by atoms with Gasteiger partial charge in [-0.15, -0.1) is 0 Å². The van der Waals surface area contributed by atoms with E-state index in [1.54, 1.807) is 6.07 Å². The largest absolute Gasteiger partial charge is 0.467 e. The van der Waals surface area contributed by atoms with E-state index in [9.17, 15) is 4.79 Å². The molecule has 0 bridgehead atoms. The van der Waals surface area contributed by atoms with Gasteiger partial charge in [-0.05, 0) is 18.6 Å². The Kier molecular flexibility index (Phi) is 6.44. The normalized spacial score (nSPS) is 16.4. The number of furan rings is 1. The average molecular weight is 357 g/mol. The molecule has 1 amide bonds. The molecule has 0 aliphatic carbocycles. The van der Waals surface area contributed by atoms with Gasteiger partial charge in [0.2, 0.25) is 0 Å². The minimum absolute atomic E-state index is 0.0296. The highest BCUT2D eigenvalue weighted by Crippen LogP contribution is 2.17. The highest BCUT2D eigenvalue weighted by molar-refractivity contribution is 5.94. The molecule has 1 aromatic carbocycles. The fraction of sp³-hybridized carbons (Fsp3) is 0.450. The van der Waals surface area contributed by atoms with Crippen molar-refractivity contribution < 1.29 is 13.9 Å². The molecule has 2 N–H and O–H groups in total. The molecule has 0 saturated carbocycles. The Morgan fingerprint density at radius 3 is 2.65 bits per heavy atom. The quantitative estimate of drug-likeness (QED) is 0.822. The van der Waals surface area contributed by atoms with E-state index in [1.807, 2.05) is 35.2 Å². The molecule has 0 radical (unpaired) electrons. The van der Waals surface area contributed by atoms with E-state index in [0.29, 0.717) is 17.9 Å². The Balaban J connectivity index is 1.76. The van der Waals surface area contributed by atoms with Crippen molar-refractivity contribution >= 4 is 5.91 Å². The molecule has 1 aromatic heterocycles. The second-order valence-corrected chi connectivity index (χ2v) is 6.69. The summed E-state index contributed by atoms with van der Waals surface area (Å²) in [7, 11) is 0. The van der Waals surface area contributed by atoms with E-state index in [-0.39, 0.29) is 18.5 Å². The maximum Gasteiger partial charge on any atom is 0.257 e. The highest BCUT2D eigenvalue weighted by atomic mass is 16.5. The van der Waals surface area contributed by atoms with Crippen LogP contribution in [0.15, 0.2) is 47.1 Å². The molecule has 6 nitrogen and oxygen atoms in total. The van der Waals surface area contributed by atoms with E-state index >= 15 is 0 Å². The zero-order valence-corrected chi connectivity index (χ0v) is 15.3. The predicted molar refractivity (Wildman–Crippen MR) is 99.6 cm³/mol. The summed E-state index contributed by atoms with van der Waals surface area (Å²) in [5.74, 6) is 0.590. The summed E-state index contributed by atoms with van der Waals surface area (Å²) in [5, 5.41) is 0. The number of nitrogens with two attached hydrogens (primary N) is 1. The first kappa shape index (κ1) is 18.6. The fourth-order valence-electron chi connectivity index (χ4n) is 3.23. The van der Waals surface area contributed by atoms with E-state index < -0.39 is 0 Å². The van der Waals surface area contributed by atoms with Crippen LogP contribution in [-0.2, 0) is 17.8 Å². The van der Waals surface area contributed by atoms with Crippen molar-refractivity contribution in [3.63, 3.8) is 0 Å². The molecule has 1 atom stereocenters. The Morgan fingerprint density at radius 2 is 2.00 bits per heavy atom. The van der Waals surface area contributed by atoms with Crippen molar-refractivity contribution in [1.29, 1.82) is 0 Å². The lowest BCUT2D eigenvalue weighted by atomic mass is 10.1. The van der Waals surface area contributed by atoms with Crippen molar-refractivity contribution in [3.05, 3.63) is 59.5 Å². The third-order valence-corrected chi connectivity index (χ3v) is 4.72. The molecule has 1 saturated heterocycles. The van der Waals surface area contributed by atoms with Crippen LogP contribution >= 0.6 is 0 Å². The summed E-state index contributed by atoms with van der Waals surface area (Å²) in [6.45, 7) is 7.08. The summed E-state index contributed by atoms with van der Waals surface area (Å²) < 4.78 is 10.8. The van der Waals surface area contributed by atoms with Gasteiger partial charge in [-0.2, -0.15) is 0 Å². The van der Waals surface area contributed by atoms with Crippen molar-refractivity contribution in [1.82, 2.24) is 9.80 Å². The van der Waals surface area contributed by atoms with Crippen molar-refractivity contribution in [3.8, 4) is 0 Å². The third kappa shape index (κ3) is 4.72. The summed E-state index contributed by atoms with van der Waals surface area (Å²) >= 11 is 0. The third-order valence-electron chi connectivity index (χ3n) is 4.72. The molecule has 140 valence electrons. The topological polar surface area (TPSA) is 71.9 Å². The number of hydrogen-bond donors (Lipinski definition) is 1. The minimum atomic E-state index is -0.0296. The maximum absolute atomic E-state index is 13.1. The van der Waals surface area contributed by atoms with Crippen LogP contribution in [0.25, 0.3) is 0 Å². The number of nitrogens with zero attached hydrogens (tertiary/aromatic N) is 2. The van der Waals surface area contributed by atoms with Crippen molar-refractivity contribution in [2.24, 2.45) is 5.73 Å². The fourth-order valence-corrected chi connectivity index (χ4v) is 3.23. The second-order valence-electron chi connectivity index (χ2n) is 6.69. The number of rotatable bonds is 7. The first-order valence-corrected chi connectivity index (χ1v) is 9.10. The average Bonchev–Trinajstić information content (AvgIpc) is 3.16. The van der Waals surface area contributed by atoms with Crippen LogP contribution in [0.3, 0.4) is 0 Å². The Bertz CT molecular complexity index is 695. The number of morpholine rings is 1. The standard InChI is InChI=1S/C20H27N3O3/c1-16(13-22-7-9-25-10-8-22)23(14-17-5-3-2-4-6-17)20(24)18-11-19(12-21)26-15-18/h2-6,11,15-16H,7-10,12-14,21H2,1H3. The Hall–Kier alpha value is -2.15. The van der Waals surface area contributed by atoms with Crippen LogP contribution in [0.2, 0.25) is 0 Å². The molecule has 0 spiro atoms. The monoisotopic (exact) mass is 357 g/mol. The van der Waals surface area contributed by atoms with E-state index in [4.69, 9.17) is 14.9 Å². The second kappa shape index (κ2) is 8.98. The molecule has 2 aromatic rings. The van der Waals surface area contributed by atoms with Gasteiger partial charge in [0.1, 0.15) is 12.0 Å². The predicted octanol–water partition coefficient (Wildman–Crippen LogP) is 2.10. The lowest BCUT2D eigenvalue weighted by Gasteiger charge is -2.35. The maximum atomic E-state index is 13.1. The summed E-state index contributed by atoms with van der Waals surface area (Å²) in [6, 6.07) is 11.9. The van der Waals surface area contributed by atoms with Gasteiger partial charge in [-0.25, -0.2) is 0 Å². The Labute approximate surface area is 154 Å². The lowest BCUT2D eigenvalue weighted by Crippen LogP contribution is -2.47. The molecule has 6 heteroatoms. The number of hydrogen-bond acceptors (Lipinski definition) is 5. The van der Waals surface area contributed by atoms with E-state index in [2.05, 4.69) is 11.8 Å². The molecular formula is C20H27N3O3. The summed E-state index contributed by atoms with van der Waals surface area (Å²) in [5.41, 5.74) is 7.27. The van der Waals surface area contributed by atoms with Crippen molar-refractivity contribution in [2.45, 2.75) is 26.1 Å². The molecular weight excluding hydrogens is 330 g/mol. The number of ether oxygens (including phenoxy) is 1. The van der Waals surface area contributed by atoms with Crippen LogP contribution in [0.4, 0.5) is 0 Å². The molecule has 1 aliphatic rings. The van der Waals surface area contributed by atoms with E-state index in [0.717, 1.165) is 38.4 Å². The lowest BCUT2D eigenvalue weighted by molar-refractivity contribution is 0.0228. The van der Waals surface area contributed by atoms with Gasteiger partial charge in [0.15, 0.2) is 0 Å². The molecule has 26 heavy (non-hydrogen) atoms. The van der Waals surface area contributed by atoms with Gasteiger partial charge in [-0.3, -0.25) is 9.69 Å². The van der Waals surface area contributed by atoms with Crippen LogP contribution in [0.5, 0.6) is 0 Å². The number of carbonyl (C=O) groups is 1. The first-order valence-electron chi connectivity index (χ1n) is 9.10. The van der Waals surface area contributed by atoms with Gasteiger partial charge in [0.05, 0.1) is 25.3 Å². The van der Waals surface area contributed by atoms with Gasteiger partial charge < -0.3 is 19.8 Å². The molecule has 2 heterocycles. The van der Waals surface area contributed by atoms with E-state index in [1.165, 1.54) is 6.26 Å². The molecule has 3 rings (SSSR count). The SMILES string of the molecule is CC(CN1CCOCC1)N(Cc1ccccc1)C(=O)c1coc(CN)c1. The zero-order chi connectivity index (χ0) is 18.4. The summed E-state index contributed by atoms with van der Waals surface area (Å²) in [6.07, 6.45) is 1.50. The number of benzene rings is 1. The first-order chi connectivity index (χ1) is 12.7. The molecule has 1 fully saturated rings. The van der Waals surface area contributed by atoms with Gasteiger partial charge in [-0.1, -0.05) is 30.3 Å². The van der Waals surface area contributed by atoms with Gasteiger partial charge in [0.25, 0.3) is 5.91 Å². The van der Waals surface area contributed by atoms with Crippen molar-refractivity contribution in [2.75, 3.05) is 32.8 Å². The number of carbonyl (C=O) groups excluding carboxylic acids is 1. The van der Waals surface area contributed by atoms with Crippen LogP contribution < -0.4 is 5.73 Å². The van der Waals surface area contributed by atoms with Crippen LogP contribution in [0, 0.1) is 0 Å². The Morgan fingerprint density at radius 1 is 1.27 bits per heavy atom. The van der Waals surface area contributed by atoms with Crippen LogP contribution in [0.1, 0.15) is 28.6 Å². The minimum Gasteiger partial charge on any atom is -0.467 e. The van der Waals surface area contributed by atoms with Gasteiger partial charge >= 0.3 is 0 Å². The highest BCUT2D eigenvalue weighted by Gasteiger charge is 2.25. The van der Waals surface area contributed by atoms with Gasteiger partial charge in [0, 0.05) is 32.2 Å². The molecule has 1 aliphatic heterocycles. The smallest absolute Gasteiger partial charge is 0.257 e. The zero-order valence-electron chi connectivity index (χ0n) is 15.3. The number of amides is 1.